The van der Waals surface area contributed by atoms with Crippen LogP contribution in [0, 0.1) is 20.8 Å². The summed E-state index contributed by atoms with van der Waals surface area (Å²) >= 11 is 7.57. The summed E-state index contributed by atoms with van der Waals surface area (Å²) in [5, 5.41) is 18.9. The number of thiazole rings is 1. The van der Waals surface area contributed by atoms with Crippen molar-refractivity contribution in [1.29, 1.82) is 0 Å². The average molecular weight is 483 g/mol. The van der Waals surface area contributed by atoms with Gasteiger partial charge in [-0.2, -0.15) is 5.10 Å². The van der Waals surface area contributed by atoms with E-state index >= 15 is 0 Å². The van der Waals surface area contributed by atoms with Gasteiger partial charge in [0.05, 0.1) is 39.7 Å². The molecule has 0 spiro atoms. The number of carboxylic acid groups (broad SMARTS) is 1. The Balaban J connectivity index is 1.95. The van der Waals surface area contributed by atoms with Gasteiger partial charge in [0.25, 0.3) is 0 Å². The number of aromatic carboxylic acids is 1. The highest BCUT2D eigenvalue weighted by atomic mass is 35.5. The number of carbonyl (C=O) groups is 1. The monoisotopic (exact) mass is 482 g/mol. The fraction of sp³-hybridized carbons (Fsp3) is 0.208. The molecule has 0 saturated heterocycles. The molecule has 0 unspecified atom stereocenters. The van der Waals surface area contributed by atoms with Crippen LogP contribution in [0.25, 0.3) is 16.3 Å². The van der Waals surface area contributed by atoms with Crippen molar-refractivity contribution in [2.24, 2.45) is 0 Å². The molecule has 0 amide bonds. The van der Waals surface area contributed by atoms with Crippen LogP contribution in [0.15, 0.2) is 42.5 Å². The second-order valence-corrected chi connectivity index (χ2v) is 9.08. The lowest BCUT2D eigenvalue weighted by Crippen LogP contribution is -2.08. The predicted molar refractivity (Wildman–Crippen MR) is 132 cm³/mol. The van der Waals surface area contributed by atoms with Gasteiger partial charge in [-0.3, -0.25) is 0 Å². The van der Waals surface area contributed by atoms with E-state index in [1.54, 1.807) is 16.8 Å². The Morgan fingerprint density at radius 3 is 2.67 bits per heavy atom. The van der Waals surface area contributed by atoms with E-state index in [0.717, 1.165) is 32.4 Å². The quantitative estimate of drug-likeness (QED) is 0.316. The minimum Gasteiger partial charge on any atom is -0.478 e. The topological polar surface area (TPSA) is 89.3 Å². The summed E-state index contributed by atoms with van der Waals surface area (Å²) in [6.45, 7) is 8.31. The van der Waals surface area contributed by atoms with Crippen LogP contribution in [-0.4, -0.2) is 32.4 Å². The Kier molecular flexibility index (Phi) is 6.40. The van der Waals surface area contributed by atoms with Crippen LogP contribution < -0.4 is 10.1 Å². The molecular weight excluding hydrogens is 460 g/mol. The molecule has 2 aromatic heterocycles. The number of nitrogens with one attached hydrogen (secondary N) is 1. The van der Waals surface area contributed by atoms with Crippen molar-refractivity contribution in [2.45, 2.75) is 27.7 Å². The minimum atomic E-state index is -1.08. The third kappa shape index (κ3) is 4.44. The maximum atomic E-state index is 11.9. The average Bonchev–Trinajstić information content (AvgIpc) is 3.28. The van der Waals surface area contributed by atoms with Gasteiger partial charge in [-0.05, 0) is 57.5 Å². The maximum Gasteiger partial charge on any atom is 0.337 e. The molecule has 0 atom stereocenters. The molecule has 0 saturated carbocycles. The summed E-state index contributed by atoms with van der Waals surface area (Å²) in [5.41, 5.74) is 3.90. The van der Waals surface area contributed by atoms with Crippen LogP contribution in [0.4, 0.5) is 11.5 Å². The van der Waals surface area contributed by atoms with Crippen LogP contribution in [0.1, 0.15) is 33.4 Å². The second kappa shape index (κ2) is 9.25. The number of aromatic nitrogens is 3. The van der Waals surface area contributed by atoms with Gasteiger partial charge in [0.15, 0.2) is 0 Å². The minimum absolute atomic E-state index is 0.0639. The number of anilines is 2. The first-order valence-corrected chi connectivity index (χ1v) is 11.6. The van der Waals surface area contributed by atoms with Gasteiger partial charge < -0.3 is 15.2 Å². The van der Waals surface area contributed by atoms with E-state index in [-0.39, 0.29) is 5.56 Å². The molecule has 4 aromatic rings. The first kappa shape index (κ1) is 22.8. The van der Waals surface area contributed by atoms with Crippen molar-refractivity contribution in [3.63, 3.8) is 0 Å². The summed E-state index contributed by atoms with van der Waals surface area (Å²) in [6, 6.07) is 12.6. The fourth-order valence-corrected chi connectivity index (χ4v) is 4.69. The number of rotatable bonds is 7. The molecule has 7 nitrogen and oxygen atoms in total. The lowest BCUT2D eigenvalue weighted by atomic mass is 10.1. The molecule has 0 radical (unpaired) electrons. The highest BCUT2D eigenvalue weighted by molar-refractivity contribution is 7.15. The lowest BCUT2D eigenvalue weighted by molar-refractivity contribution is 0.0698. The highest BCUT2D eigenvalue weighted by Crippen LogP contribution is 2.41. The molecule has 0 aliphatic carbocycles. The van der Waals surface area contributed by atoms with Crippen molar-refractivity contribution in [1.82, 2.24) is 14.8 Å². The van der Waals surface area contributed by atoms with E-state index < -0.39 is 5.97 Å². The van der Waals surface area contributed by atoms with Crippen LogP contribution in [-0.2, 0) is 0 Å². The van der Waals surface area contributed by atoms with E-state index in [9.17, 15) is 9.90 Å². The molecular formula is C24H23ClN4O3S. The zero-order chi connectivity index (χ0) is 23.7. The molecule has 2 N–H and O–H groups in total. The third-order valence-corrected chi connectivity index (χ3v) is 6.32. The third-order valence-electron chi connectivity index (χ3n) is 5.12. The zero-order valence-electron chi connectivity index (χ0n) is 18.6. The van der Waals surface area contributed by atoms with E-state index in [1.165, 1.54) is 17.4 Å². The Bertz CT molecular complexity index is 1350. The number of aryl methyl sites for hydroxylation is 3. The van der Waals surface area contributed by atoms with Gasteiger partial charge in [-0.25, -0.2) is 14.5 Å². The number of halogens is 1. The summed E-state index contributed by atoms with van der Waals surface area (Å²) in [6.07, 6.45) is 0. The number of hydrogen-bond donors (Lipinski definition) is 2. The number of hydrogen-bond acceptors (Lipinski definition) is 6. The van der Waals surface area contributed by atoms with Gasteiger partial charge >= 0.3 is 5.97 Å². The summed E-state index contributed by atoms with van der Waals surface area (Å²) in [4.78, 5) is 17.6. The van der Waals surface area contributed by atoms with Crippen molar-refractivity contribution < 1.29 is 14.6 Å². The number of para-hydroxylation sites is 1. The molecule has 9 heteroatoms. The largest absolute Gasteiger partial charge is 0.478 e. The Hall–Kier alpha value is -3.36. The number of carboxylic acids is 1. The van der Waals surface area contributed by atoms with Gasteiger partial charge in [0.2, 0.25) is 5.88 Å². The van der Waals surface area contributed by atoms with Crippen molar-refractivity contribution in [3.05, 3.63) is 69.2 Å². The SMILES string of the molecule is CCOc1nc(-c2c(C)nn(-c3ccccc3C)c2Nc2ccc(Cl)cc2C(=O)O)sc1C. The van der Waals surface area contributed by atoms with E-state index in [2.05, 4.69) is 5.32 Å². The lowest BCUT2D eigenvalue weighted by Gasteiger charge is -2.15. The molecule has 2 heterocycles. The normalized spacial score (nSPS) is 10.9. The first-order chi connectivity index (χ1) is 15.8. The van der Waals surface area contributed by atoms with Gasteiger partial charge in [-0.15, -0.1) is 11.3 Å². The number of benzene rings is 2. The van der Waals surface area contributed by atoms with Gasteiger partial charge in [0.1, 0.15) is 10.8 Å². The van der Waals surface area contributed by atoms with Crippen LogP contribution in [0.2, 0.25) is 5.02 Å². The van der Waals surface area contributed by atoms with Crippen molar-refractivity contribution >= 4 is 40.4 Å². The standard InChI is InChI=1S/C24H23ClN4O3S/c1-5-32-22-15(4)33-23(27-22)20-14(3)28-29(19-9-7-6-8-13(19)2)21(20)26-18-11-10-16(25)12-17(18)24(30)31/h6-12,26H,5H2,1-4H3,(H,30,31). The van der Waals surface area contributed by atoms with Crippen LogP contribution in [0.5, 0.6) is 5.88 Å². The molecule has 0 bridgehead atoms. The molecule has 2 aromatic carbocycles. The molecule has 0 aliphatic rings. The molecule has 0 aliphatic heterocycles. The van der Waals surface area contributed by atoms with Gasteiger partial charge in [0, 0.05) is 5.02 Å². The van der Waals surface area contributed by atoms with Crippen molar-refractivity contribution in [3.8, 4) is 22.1 Å². The van der Waals surface area contributed by atoms with E-state index in [0.29, 0.717) is 29.0 Å². The molecule has 0 fully saturated rings. The Morgan fingerprint density at radius 1 is 1.21 bits per heavy atom. The number of nitrogens with zero attached hydrogens (tertiary/aromatic N) is 3. The Labute approximate surface area is 200 Å². The molecule has 33 heavy (non-hydrogen) atoms. The Morgan fingerprint density at radius 2 is 1.97 bits per heavy atom. The second-order valence-electron chi connectivity index (χ2n) is 7.44. The first-order valence-electron chi connectivity index (χ1n) is 10.4. The summed E-state index contributed by atoms with van der Waals surface area (Å²) in [7, 11) is 0. The smallest absolute Gasteiger partial charge is 0.337 e. The van der Waals surface area contributed by atoms with E-state index in [4.69, 9.17) is 26.4 Å². The van der Waals surface area contributed by atoms with Crippen LogP contribution in [0.3, 0.4) is 0 Å². The maximum absolute atomic E-state index is 11.9. The highest BCUT2D eigenvalue weighted by Gasteiger charge is 2.24. The van der Waals surface area contributed by atoms with Crippen LogP contribution >= 0.6 is 22.9 Å². The van der Waals surface area contributed by atoms with E-state index in [1.807, 2.05) is 52.0 Å². The summed E-state index contributed by atoms with van der Waals surface area (Å²) < 4.78 is 7.46. The molecule has 170 valence electrons. The van der Waals surface area contributed by atoms with Gasteiger partial charge in [-0.1, -0.05) is 29.8 Å². The van der Waals surface area contributed by atoms with Crippen molar-refractivity contribution in [2.75, 3.05) is 11.9 Å². The zero-order valence-corrected chi connectivity index (χ0v) is 20.2. The predicted octanol–water partition coefficient (Wildman–Crippen LogP) is 6.41. The number of ether oxygens (including phenoxy) is 1. The fourth-order valence-electron chi connectivity index (χ4n) is 3.56. The summed E-state index contributed by atoms with van der Waals surface area (Å²) in [5.74, 6) is 0.122. The molecule has 4 rings (SSSR count).